The summed E-state index contributed by atoms with van der Waals surface area (Å²) in [6.07, 6.45) is 7.91. The van der Waals surface area contributed by atoms with E-state index < -0.39 is 0 Å². The molecule has 92 valence electrons. The highest BCUT2D eigenvalue weighted by Crippen LogP contribution is 2.36. The molecule has 0 fully saturated rings. The van der Waals surface area contributed by atoms with E-state index in [9.17, 15) is 0 Å². The Morgan fingerprint density at radius 1 is 1.31 bits per heavy atom. The van der Waals surface area contributed by atoms with Crippen molar-refractivity contribution >= 4 is 27.3 Å². The smallest absolute Gasteiger partial charge is 0.00879 e. The molecule has 0 aliphatic carbocycles. The highest BCUT2D eigenvalue weighted by molar-refractivity contribution is 9.09. The van der Waals surface area contributed by atoms with Gasteiger partial charge < -0.3 is 0 Å². The highest BCUT2D eigenvalue weighted by atomic mass is 79.9. The molecule has 0 aliphatic heterocycles. The first kappa shape index (κ1) is 14.2. The molecule has 0 aliphatic rings. The molecule has 1 unspecified atom stereocenters. The zero-order chi connectivity index (χ0) is 11.9. The monoisotopic (exact) mass is 302 g/mol. The van der Waals surface area contributed by atoms with Crippen molar-refractivity contribution in [2.45, 2.75) is 52.4 Å². The lowest BCUT2D eigenvalue weighted by Gasteiger charge is -2.31. The lowest BCUT2D eigenvalue weighted by atomic mass is 9.78. The van der Waals surface area contributed by atoms with Crippen molar-refractivity contribution in [3.63, 3.8) is 0 Å². The fourth-order valence-electron chi connectivity index (χ4n) is 2.10. The summed E-state index contributed by atoms with van der Waals surface area (Å²) < 4.78 is 0. The number of unbranched alkanes of at least 4 members (excludes halogenated alkanes) is 1. The lowest BCUT2D eigenvalue weighted by Crippen LogP contribution is -2.22. The minimum Gasteiger partial charge on any atom is -0.152 e. The molecule has 0 spiro atoms. The van der Waals surface area contributed by atoms with Crippen LogP contribution in [0.15, 0.2) is 16.8 Å². The van der Waals surface area contributed by atoms with Crippen LogP contribution >= 0.6 is 27.3 Å². The van der Waals surface area contributed by atoms with Crippen molar-refractivity contribution in [2.75, 3.05) is 5.33 Å². The van der Waals surface area contributed by atoms with Crippen molar-refractivity contribution in [3.8, 4) is 0 Å². The molecule has 0 amide bonds. The van der Waals surface area contributed by atoms with Gasteiger partial charge in [0.2, 0.25) is 0 Å². The van der Waals surface area contributed by atoms with E-state index in [2.05, 4.69) is 46.6 Å². The van der Waals surface area contributed by atoms with Crippen molar-refractivity contribution < 1.29 is 0 Å². The van der Waals surface area contributed by atoms with E-state index in [-0.39, 0.29) is 0 Å². The highest BCUT2D eigenvalue weighted by Gasteiger charge is 2.25. The molecule has 1 aromatic heterocycles. The van der Waals surface area contributed by atoms with Gasteiger partial charge in [-0.3, -0.25) is 0 Å². The predicted molar refractivity (Wildman–Crippen MR) is 78.7 cm³/mol. The van der Waals surface area contributed by atoms with E-state index >= 15 is 0 Å². The van der Waals surface area contributed by atoms with Gasteiger partial charge in [0.1, 0.15) is 0 Å². The number of thiophene rings is 1. The van der Waals surface area contributed by atoms with Crippen LogP contribution in [-0.4, -0.2) is 5.33 Å². The van der Waals surface area contributed by atoms with Crippen LogP contribution in [-0.2, 0) is 6.42 Å². The van der Waals surface area contributed by atoms with Crippen LogP contribution in [0.2, 0.25) is 0 Å². The molecule has 2 heteroatoms. The summed E-state index contributed by atoms with van der Waals surface area (Å²) in [4.78, 5) is 0. The Morgan fingerprint density at radius 3 is 2.62 bits per heavy atom. The first-order valence-electron chi connectivity index (χ1n) is 6.33. The van der Waals surface area contributed by atoms with Crippen molar-refractivity contribution in [1.82, 2.24) is 0 Å². The molecule has 0 saturated heterocycles. The summed E-state index contributed by atoms with van der Waals surface area (Å²) in [5, 5.41) is 5.62. The summed E-state index contributed by atoms with van der Waals surface area (Å²) in [6.45, 7) is 4.62. The largest absolute Gasteiger partial charge is 0.152 e. The first-order valence-corrected chi connectivity index (χ1v) is 8.40. The quantitative estimate of drug-likeness (QED) is 0.543. The summed E-state index contributed by atoms with van der Waals surface area (Å²) in [7, 11) is 0. The fourth-order valence-corrected chi connectivity index (χ4v) is 3.76. The standard InChI is InChI=1S/C14H23BrS/c1-3-5-8-14(4-2,12-15)9-6-13-7-10-16-11-13/h7,10-11H,3-6,8-9,12H2,1-2H3. The third-order valence-corrected chi connectivity index (χ3v) is 5.54. The van der Waals surface area contributed by atoms with Gasteiger partial charge in [0, 0.05) is 5.33 Å². The topological polar surface area (TPSA) is 0 Å². The fraction of sp³-hybridized carbons (Fsp3) is 0.714. The van der Waals surface area contributed by atoms with Crippen molar-refractivity contribution in [1.29, 1.82) is 0 Å². The molecule has 0 radical (unpaired) electrons. The summed E-state index contributed by atoms with van der Waals surface area (Å²) in [5.41, 5.74) is 2.04. The average Bonchev–Trinajstić information content (AvgIpc) is 2.83. The molecule has 1 heterocycles. The molecule has 0 bridgehead atoms. The number of alkyl halides is 1. The summed E-state index contributed by atoms with van der Waals surface area (Å²) >= 11 is 5.54. The molecule has 1 atom stereocenters. The molecule has 0 saturated carbocycles. The van der Waals surface area contributed by atoms with Gasteiger partial charge in [-0.2, -0.15) is 11.3 Å². The van der Waals surface area contributed by atoms with Gasteiger partial charge in [0.15, 0.2) is 0 Å². The third-order valence-electron chi connectivity index (χ3n) is 3.62. The molecule has 1 rings (SSSR count). The Balaban J connectivity index is 2.49. The summed E-state index contributed by atoms with van der Waals surface area (Å²) in [5.74, 6) is 0. The average molecular weight is 303 g/mol. The molecule has 0 nitrogen and oxygen atoms in total. The number of aryl methyl sites for hydroxylation is 1. The van der Waals surface area contributed by atoms with Crippen LogP contribution in [0.4, 0.5) is 0 Å². The van der Waals surface area contributed by atoms with E-state index in [1.54, 1.807) is 0 Å². The zero-order valence-electron chi connectivity index (χ0n) is 10.5. The van der Waals surface area contributed by atoms with Crippen molar-refractivity contribution in [3.05, 3.63) is 22.4 Å². The van der Waals surface area contributed by atoms with Gasteiger partial charge in [-0.1, -0.05) is 42.6 Å². The minimum absolute atomic E-state index is 0.526. The second-order valence-electron chi connectivity index (χ2n) is 4.72. The third kappa shape index (κ3) is 4.21. The van der Waals surface area contributed by atoms with E-state index in [0.29, 0.717) is 5.41 Å². The van der Waals surface area contributed by atoms with Crippen LogP contribution in [0.1, 0.15) is 51.5 Å². The van der Waals surface area contributed by atoms with E-state index in [1.165, 1.54) is 44.1 Å². The number of hydrogen-bond donors (Lipinski definition) is 0. The maximum Gasteiger partial charge on any atom is 0.00879 e. The first-order chi connectivity index (χ1) is 7.76. The van der Waals surface area contributed by atoms with E-state index in [4.69, 9.17) is 0 Å². The Kier molecular flexibility index (Phi) is 6.67. The molecule has 0 aromatic carbocycles. The van der Waals surface area contributed by atoms with Crippen LogP contribution in [0.3, 0.4) is 0 Å². The Morgan fingerprint density at radius 2 is 2.12 bits per heavy atom. The molecule has 0 N–H and O–H groups in total. The predicted octanol–water partition coefficient (Wildman–Crippen LogP) is 5.66. The van der Waals surface area contributed by atoms with Crippen LogP contribution < -0.4 is 0 Å². The number of rotatable bonds is 8. The van der Waals surface area contributed by atoms with Gasteiger partial charge in [-0.15, -0.1) is 0 Å². The normalized spacial score (nSPS) is 14.9. The zero-order valence-corrected chi connectivity index (χ0v) is 12.9. The number of halogens is 1. The second-order valence-corrected chi connectivity index (χ2v) is 6.06. The Bertz CT molecular complexity index is 262. The van der Waals surface area contributed by atoms with Gasteiger partial charge in [-0.25, -0.2) is 0 Å². The Labute approximate surface area is 113 Å². The summed E-state index contributed by atoms with van der Waals surface area (Å²) in [6, 6.07) is 2.26. The molecule has 1 aromatic rings. The van der Waals surface area contributed by atoms with Gasteiger partial charge >= 0.3 is 0 Å². The number of hydrogen-bond acceptors (Lipinski definition) is 1. The lowest BCUT2D eigenvalue weighted by molar-refractivity contribution is 0.263. The minimum atomic E-state index is 0.526. The van der Waals surface area contributed by atoms with Gasteiger partial charge in [-0.05, 0) is 53.5 Å². The second kappa shape index (κ2) is 7.50. The van der Waals surface area contributed by atoms with E-state index in [0.717, 1.165) is 5.33 Å². The van der Waals surface area contributed by atoms with Gasteiger partial charge in [0.05, 0.1) is 0 Å². The Hall–Kier alpha value is 0.180. The van der Waals surface area contributed by atoms with Crippen LogP contribution in [0.5, 0.6) is 0 Å². The van der Waals surface area contributed by atoms with Crippen molar-refractivity contribution in [2.24, 2.45) is 5.41 Å². The van der Waals surface area contributed by atoms with Crippen LogP contribution in [0, 0.1) is 5.41 Å². The molecular weight excluding hydrogens is 280 g/mol. The van der Waals surface area contributed by atoms with Crippen LogP contribution in [0.25, 0.3) is 0 Å². The molecule has 16 heavy (non-hydrogen) atoms. The maximum absolute atomic E-state index is 3.73. The van der Waals surface area contributed by atoms with E-state index in [1.807, 2.05) is 11.3 Å². The van der Waals surface area contributed by atoms with Gasteiger partial charge in [0.25, 0.3) is 0 Å². The molecular formula is C14H23BrS. The SMILES string of the molecule is CCCCC(CC)(CBr)CCc1ccsc1. The maximum atomic E-state index is 3.73.